The van der Waals surface area contributed by atoms with E-state index in [0.29, 0.717) is 18.1 Å². The molecule has 0 amide bonds. The summed E-state index contributed by atoms with van der Waals surface area (Å²) in [6.07, 6.45) is 4.91. The number of piperidine rings is 1. The molecule has 2 atom stereocenters. The summed E-state index contributed by atoms with van der Waals surface area (Å²) in [6.45, 7) is 2.03. The fourth-order valence-electron chi connectivity index (χ4n) is 3.14. The summed E-state index contributed by atoms with van der Waals surface area (Å²) < 4.78 is 13.2. The quantitative estimate of drug-likeness (QED) is 0.822. The van der Waals surface area contributed by atoms with Crippen LogP contribution in [0.25, 0.3) is 0 Å². The van der Waals surface area contributed by atoms with Gasteiger partial charge in [-0.05, 0) is 50.3 Å². The van der Waals surface area contributed by atoms with Crippen molar-refractivity contribution in [2.24, 2.45) is 0 Å². The highest BCUT2D eigenvalue weighted by Gasteiger charge is 2.33. The average molecular weight is 234 g/mol. The number of fused-ring (bicyclic) bond motifs is 2. The number of nitrogens with one attached hydrogen (secondary N) is 2. The van der Waals surface area contributed by atoms with Crippen LogP contribution in [0.4, 0.5) is 10.1 Å². The molecule has 0 aliphatic carbocycles. The van der Waals surface area contributed by atoms with E-state index >= 15 is 0 Å². The van der Waals surface area contributed by atoms with Crippen LogP contribution in [0.3, 0.4) is 0 Å². The monoisotopic (exact) mass is 234 g/mol. The van der Waals surface area contributed by atoms with Crippen molar-refractivity contribution in [3.05, 3.63) is 29.6 Å². The minimum Gasteiger partial charge on any atom is -0.382 e. The molecule has 2 aliphatic heterocycles. The zero-order valence-electron chi connectivity index (χ0n) is 10.2. The lowest BCUT2D eigenvalue weighted by molar-refractivity contribution is 0.378. The third-order valence-corrected chi connectivity index (χ3v) is 4.03. The second-order valence-electron chi connectivity index (χ2n) is 5.41. The van der Waals surface area contributed by atoms with Crippen LogP contribution in [0.15, 0.2) is 18.2 Å². The Morgan fingerprint density at radius 2 is 1.94 bits per heavy atom. The first-order valence-electron chi connectivity index (χ1n) is 6.49. The number of benzene rings is 1. The topological polar surface area (TPSA) is 24.1 Å². The minimum atomic E-state index is -0.157. The van der Waals surface area contributed by atoms with Crippen molar-refractivity contribution in [1.82, 2.24) is 5.32 Å². The lowest BCUT2D eigenvalue weighted by Gasteiger charge is -2.30. The van der Waals surface area contributed by atoms with Crippen LogP contribution < -0.4 is 10.6 Å². The molecule has 2 heterocycles. The van der Waals surface area contributed by atoms with Gasteiger partial charge in [-0.25, -0.2) is 4.39 Å². The molecule has 2 N–H and O–H groups in total. The molecule has 1 aromatic carbocycles. The molecule has 0 spiro atoms. The second kappa shape index (κ2) is 4.30. The molecule has 3 rings (SSSR count). The Hall–Kier alpha value is -1.09. The van der Waals surface area contributed by atoms with E-state index in [2.05, 4.69) is 10.6 Å². The SMILES string of the molecule is Cc1ccc(F)cc1NC1CC2CCC(C1)N2. The summed E-state index contributed by atoms with van der Waals surface area (Å²) in [6, 6.07) is 6.80. The highest BCUT2D eigenvalue weighted by atomic mass is 19.1. The Morgan fingerprint density at radius 3 is 2.65 bits per heavy atom. The highest BCUT2D eigenvalue weighted by Crippen LogP contribution is 2.29. The molecule has 17 heavy (non-hydrogen) atoms. The van der Waals surface area contributed by atoms with E-state index in [0.717, 1.165) is 24.1 Å². The first kappa shape index (κ1) is 11.0. The van der Waals surface area contributed by atoms with Gasteiger partial charge in [0.1, 0.15) is 5.82 Å². The summed E-state index contributed by atoms with van der Waals surface area (Å²) in [5.74, 6) is -0.157. The molecule has 1 aromatic rings. The van der Waals surface area contributed by atoms with Gasteiger partial charge in [0.05, 0.1) is 0 Å². The number of anilines is 1. The van der Waals surface area contributed by atoms with Crippen molar-refractivity contribution in [3.63, 3.8) is 0 Å². The van der Waals surface area contributed by atoms with Crippen LogP contribution in [-0.4, -0.2) is 18.1 Å². The van der Waals surface area contributed by atoms with Crippen molar-refractivity contribution in [1.29, 1.82) is 0 Å². The van der Waals surface area contributed by atoms with Gasteiger partial charge < -0.3 is 10.6 Å². The number of rotatable bonds is 2. The standard InChI is InChI=1S/C14H19FN2/c1-9-2-3-10(15)6-14(9)17-13-7-11-4-5-12(8-13)16-11/h2-3,6,11-13,16-17H,4-5,7-8H2,1H3. The van der Waals surface area contributed by atoms with Gasteiger partial charge in [-0.3, -0.25) is 0 Å². The molecule has 0 aromatic heterocycles. The predicted molar refractivity (Wildman–Crippen MR) is 67.7 cm³/mol. The number of aryl methyl sites for hydroxylation is 1. The first-order valence-corrected chi connectivity index (χ1v) is 6.49. The Kier molecular flexibility index (Phi) is 2.79. The maximum Gasteiger partial charge on any atom is 0.125 e. The van der Waals surface area contributed by atoms with Crippen molar-refractivity contribution in [3.8, 4) is 0 Å². The molecule has 3 heteroatoms. The van der Waals surface area contributed by atoms with Gasteiger partial charge >= 0.3 is 0 Å². The lowest BCUT2D eigenvalue weighted by atomic mass is 9.99. The summed E-state index contributed by atoms with van der Waals surface area (Å²) >= 11 is 0. The second-order valence-corrected chi connectivity index (χ2v) is 5.41. The van der Waals surface area contributed by atoms with Gasteiger partial charge in [0.25, 0.3) is 0 Å². The summed E-state index contributed by atoms with van der Waals surface area (Å²) in [5, 5.41) is 7.13. The highest BCUT2D eigenvalue weighted by molar-refractivity contribution is 5.51. The van der Waals surface area contributed by atoms with Crippen molar-refractivity contribution in [2.45, 2.75) is 50.7 Å². The largest absolute Gasteiger partial charge is 0.382 e. The van der Waals surface area contributed by atoms with E-state index in [1.54, 1.807) is 6.07 Å². The molecule has 0 saturated carbocycles. The Labute approximate surface area is 102 Å². The molecule has 92 valence electrons. The molecular formula is C14H19FN2. The van der Waals surface area contributed by atoms with Crippen LogP contribution in [0, 0.1) is 12.7 Å². The third-order valence-electron chi connectivity index (χ3n) is 4.03. The molecule has 0 radical (unpaired) electrons. The smallest absolute Gasteiger partial charge is 0.125 e. The minimum absolute atomic E-state index is 0.157. The fourth-order valence-corrected chi connectivity index (χ4v) is 3.14. The molecule has 2 aliphatic rings. The first-order chi connectivity index (χ1) is 8.20. The molecular weight excluding hydrogens is 215 g/mol. The molecule has 2 unspecified atom stereocenters. The van der Waals surface area contributed by atoms with Crippen molar-refractivity contribution < 1.29 is 4.39 Å². The third kappa shape index (κ3) is 2.29. The Morgan fingerprint density at radius 1 is 1.24 bits per heavy atom. The fraction of sp³-hybridized carbons (Fsp3) is 0.571. The molecule has 2 fully saturated rings. The van der Waals surface area contributed by atoms with Gasteiger partial charge in [-0.15, -0.1) is 0 Å². The van der Waals surface area contributed by atoms with E-state index in [1.807, 2.05) is 13.0 Å². The zero-order chi connectivity index (χ0) is 11.8. The van der Waals surface area contributed by atoms with Crippen molar-refractivity contribution in [2.75, 3.05) is 5.32 Å². The lowest BCUT2D eigenvalue weighted by Crippen LogP contribution is -2.43. The summed E-state index contributed by atoms with van der Waals surface area (Å²) in [7, 11) is 0. The number of hydrogen-bond donors (Lipinski definition) is 2. The average Bonchev–Trinajstić information content (AvgIpc) is 2.63. The zero-order valence-corrected chi connectivity index (χ0v) is 10.2. The van der Waals surface area contributed by atoms with E-state index < -0.39 is 0 Å². The maximum absolute atomic E-state index is 13.2. The van der Waals surface area contributed by atoms with Gasteiger partial charge in [0.2, 0.25) is 0 Å². The van der Waals surface area contributed by atoms with Crippen molar-refractivity contribution >= 4 is 5.69 Å². The van der Waals surface area contributed by atoms with E-state index in [-0.39, 0.29) is 5.82 Å². The van der Waals surface area contributed by atoms with Crippen LogP contribution in [0.5, 0.6) is 0 Å². The van der Waals surface area contributed by atoms with Crippen LogP contribution in [-0.2, 0) is 0 Å². The predicted octanol–water partition coefficient (Wildman–Crippen LogP) is 2.83. The van der Waals surface area contributed by atoms with Crippen LogP contribution >= 0.6 is 0 Å². The molecule has 2 nitrogen and oxygen atoms in total. The van der Waals surface area contributed by atoms with E-state index in [9.17, 15) is 4.39 Å². The van der Waals surface area contributed by atoms with Crippen LogP contribution in [0.1, 0.15) is 31.2 Å². The van der Waals surface area contributed by atoms with E-state index in [1.165, 1.54) is 18.9 Å². The summed E-state index contributed by atoms with van der Waals surface area (Å²) in [5.41, 5.74) is 2.08. The van der Waals surface area contributed by atoms with Gasteiger partial charge in [-0.1, -0.05) is 6.07 Å². The Balaban J connectivity index is 1.72. The maximum atomic E-state index is 13.2. The van der Waals surface area contributed by atoms with Gasteiger partial charge in [-0.2, -0.15) is 0 Å². The Bertz CT molecular complexity index is 407. The molecule has 2 bridgehead atoms. The number of hydrogen-bond acceptors (Lipinski definition) is 2. The van der Waals surface area contributed by atoms with Gasteiger partial charge in [0, 0.05) is 23.8 Å². The normalized spacial score (nSPS) is 31.5. The summed E-state index contributed by atoms with van der Waals surface area (Å²) in [4.78, 5) is 0. The van der Waals surface area contributed by atoms with E-state index in [4.69, 9.17) is 0 Å². The van der Waals surface area contributed by atoms with Gasteiger partial charge in [0.15, 0.2) is 0 Å². The van der Waals surface area contributed by atoms with Crippen LogP contribution in [0.2, 0.25) is 0 Å². The molecule has 2 saturated heterocycles. The number of halogens is 1.